The molecule has 1 atom stereocenters. The molecule has 0 rings (SSSR count). The van der Waals surface area contributed by atoms with Crippen LogP contribution in [0.4, 0.5) is 0 Å². The first-order chi connectivity index (χ1) is 6.02. The third kappa shape index (κ3) is 4.24. The molecule has 0 radical (unpaired) electrons. The minimum absolute atomic E-state index is 0.144. The topological polar surface area (TPSA) is 49.6 Å². The third-order valence-corrected chi connectivity index (χ3v) is 2.38. The second-order valence-electron chi connectivity index (χ2n) is 3.41. The molecule has 0 aliphatic carbocycles. The van der Waals surface area contributed by atoms with Crippen LogP contribution in [0.2, 0.25) is 0 Å². The van der Waals surface area contributed by atoms with Crippen molar-refractivity contribution in [1.29, 1.82) is 0 Å². The molecule has 0 saturated carbocycles. The maximum absolute atomic E-state index is 11.4. The molecule has 78 valence electrons. The van der Waals surface area contributed by atoms with E-state index >= 15 is 0 Å². The lowest BCUT2D eigenvalue weighted by atomic mass is 10.3. The molecule has 1 amide bonds. The zero-order valence-electron chi connectivity index (χ0n) is 9.08. The number of hydrogen-bond donors (Lipinski definition) is 1. The smallest absolute Gasteiger partial charge is 0.236 e. The molecule has 0 aromatic carbocycles. The van der Waals surface area contributed by atoms with Crippen molar-refractivity contribution in [3.05, 3.63) is 0 Å². The van der Waals surface area contributed by atoms with Crippen LogP contribution in [0.1, 0.15) is 13.8 Å². The van der Waals surface area contributed by atoms with Gasteiger partial charge in [-0.25, -0.2) is 0 Å². The lowest BCUT2D eigenvalue weighted by Crippen LogP contribution is -2.42. The SMILES string of the molecule is CCN(C)C(=O)CN(C)C(C)CN. The number of nitrogens with two attached hydrogens (primary N) is 1. The van der Waals surface area contributed by atoms with Gasteiger partial charge < -0.3 is 10.6 Å². The Balaban J connectivity index is 3.91. The highest BCUT2D eigenvalue weighted by Crippen LogP contribution is 1.94. The maximum Gasteiger partial charge on any atom is 0.236 e. The zero-order valence-corrected chi connectivity index (χ0v) is 9.08. The van der Waals surface area contributed by atoms with Crippen molar-refractivity contribution in [2.24, 2.45) is 5.73 Å². The average Bonchev–Trinajstić information content (AvgIpc) is 2.14. The van der Waals surface area contributed by atoms with E-state index in [0.29, 0.717) is 13.1 Å². The number of nitrogens with zero attached hydrogens (tertiary/aromatic N) is 2. The van der Waals surface area contributed by atoms with Gasteiger partial charge in [0.2, 0.25) is 5.91 Å². The van der Waals surface area contributed by atoms with Gasteiger partial charge in [-0.05, 0) is 20.9 Å². The van der Waals surface area contributed by atoms with Gasteiger partial charge in [0, 0.05) is 26.2 Å². The molecule has 1 unspecified atom stereocenters. The predicted octanol–water partition coefficient (Wildman–Crippen LogP) is -0.256. The van der Waals surface area contributed by atoms with Crippen molar-refractivity contribution < 1.29 is 4.79 Å². The van der Waals surface area contributed by atoms with Crippen LogP contribution in [-0.4, -0.2) is 55.5 Å². The number of likely N-dealkylation sites (N-methyl/N-ethyl adjacent to an activating group) is 2. The van der Waals surface area contributed by atoms with E-state index in [1.54, 1.807) is 4.90 Å². The molecule has 2 N–H and O–H groups in total. The van der Waals surface area contributed by atoms with Gasteiger partial charge in [-0.3, -0.25) is 9.69 Å². The van der Waals surface area contributed by atoms with Gasteiger partial charge in [-0.2, -0.15) is 0 Å². The molecule has 0 spiro atoms. The molecule has 0 heterocycles. The lowest BCUT2D eigenvalue weighted by Gasteiger charge is -2.25. The lowest BCUT2D eigenvalue weighted by molar-refractivity contribution is -0.131. The van der Waals surface area contributed by atoms with Crippen molar-refractivity contribution in [3.63, 3.8) is 0 Å². The molecule has 4 heteroatoms. The standard InChI is InChI=1S/C9H21N3O/c1-5-11(3)9(13)7-12(4)8(2)6-10/h8H,5-7,10H2,1-4H3. The number of amides is 1. The molecular formula is C9H21N3O. The fourth-order valence-electron chi connectivity index (χ4n) is 0.846. The Kier molecular flexibility index (Phi) is 5.66. The summed E-state index contributed by atoms with van der Waals surface area (Å²) in [6, 6.07) is 0.259. The molecule has 0 saturated heterocycles. The third-order valence-electron chi connectivity index (χ3n) is 2.38. The van der Waals surface area contributed by atoms with Gasteiger partial charge in [-0.1, -0.05) is 0 Å². The molecule has 0 aromatic heterocycles. The van der Waals surface area contributed by atoms with Crippen LogP contribution in [0.25, 0.3) is 0 Å². The Morgan fingerprint density at radius 3 is 2.38 bits per heavy atom. The first-order valence-electron chi connectivity index (χ1n) is 4.67. The van der Waals surface area contributed by atoms with E-state index in [-0.39, 0.29) is 11.9 Å². The van der Waals surface area contributed by atoms with Crippen molar-refractivity contribution >= 4 is 5.91 Å². The summed E-state index contributed by atoms with van der Waals surface area (Å²) in [5, 5.41) is 0. The summed E-state index contributed by atoms with van der Waals surface area (Å²) in [6.07, 6.45) is 0. The highest BCUT2D eigenvalue weighted by molar-refractivity contribution is 5.77. The first-order valence-corrected chi connectivity index (χ1v) is 4.67. The summed E-state index contributed by atoms with van der Waals surface area (Å²) in [5.74, 6) is 0.144. The minimum Gasteiger partial charge on any atom is -0.345 e. The first kappa shape index (κ1) is 12.4. The summed E-state index contributed by atoms with van der Waals surface area (Å²) < 4.78 is 0. The summed E-state index contributed by atoms with van der Waals surface area (Å²) in [7, 11) is 3.72. The fourth-order valence-corrected chi connectivity index (χ4v) is 0.846. The average molecular weight is 187 g/mol. The second kappa shape index (κ2) is 5.94. The van der Waals surface area contributed by atoms with Crippen LogP contribution in [0.5, 0.6) is 0 Å². The quantitative estimate of drug-likeness (QED) is 0.645. The largest absolute Gasteiger partial charge is 0.345 e. The van der Waals surface area contributed by atoms with Gasteiger partial charge >= 0.3 is 0 Å². The number of carbonyl (C=O) groups excluding carboxylic acids is 1. The highest BCUT2D eigenvalue weighted by atomic mass is 16.2. The Morgan fingerprint density at radius 2 is 2.00 bits per heavy atom. The minimum atomic E-state index is 0.144. The number of carbonyl (C=O) groups is 1. The van der Waals surface area contributed by atoms with E-state index in [4.69, 9.17) is 5.73 Å². The van der Waals surface area contributed by atoms with Crippen LogP contribution in [0.15, 0.2) is 0 Å². The number of hydrogen-bond acceptors (Lipinski definition) is 3. The fraction of sp³-hybridized carbons (Fsp3) is 0.889. The zero-order chi connectivity index (χ0) is 10.4. The van der Waals surface area contributed by atoms with Crippen LogP contribution >= 0.6 is 0 Å². The summed E-state index contributed by atoms with van der Waals surface area (Å²) in [5.41, 5.74) is 5.49. The van der Waals surface area contributed by atoms with Crippen molar-refractivity contribution in [3.8, 4) is 0 Å². The second-order valence-corrected chi connectivity index (χ2v) is 3.41. The summed E-state index contributed by atoms with van der Waals surface area (Å²) in [6.45, 7) is 5.76. The van der Waals surface area contributed by atoms with Gasteiger partial charge in [-0.15, -0.1) is 0 Å². The molecular weight excluding hydrogens is 166 g/mol. The van der Waals surface area contributed by atoms with E-state index in [9.17, 15) is 4.79 Å². The van der Waals surface area contributed by atoms with E-state index < -0.39 is 0 Å². The normalized spacial score (nSPS) is 13.1. The van der Waals surface area contributed by atoms with Crippen LogP contribution < -0.4 is 5.73 Å². The van der Waals surface area contributed by atoms with Crippen molar-refractivity contribution in [2.75, 3.05) is 33.7 Å². The number of rotatable bonds is 5. The predicted molar refractivity (Wildman–Crippen MR) is 54.5 cm³/mol. The highest BCUT2D eigenvalue weighted by Gasteiger charge is 2.13. The molecule has 13 heavy (non-hydrogen) atoms. The van der Waals surface area contributed by atoms with E-state index in [1.807, 2.05) is 32.8 Å². The van der Waals surface area contributed by atoms with Gasteiger partial charge in [0.15, 0.2) is 0 Å². The van der Waals surface area contributed by atoms with Crippen LogP contribution in [0.3, 0.4) is 0 Å². The molecule has 0 aliphatic heterocycles. The Bertz CT molecular complexity index is 161. The summed E-state index contributed by atoms with van der Waals surface area (Å²) in [4.78, 5) is 15.1. The molecule has 4 nitrogen and oxygen atoms in total. The molecule has 0 aliphatic rings. The summed E-state index contributed by atoms with van der Waals surface area (Å²) >= 11 is 0. The van der Waals surface area contributed by atoms with E-state index in [2.05, 4.69) is 0 Å². The van der Waals surface area contributed by atoms with Crippen LogP contribution in [-0.2, 0) is 4.79 Å². The van der Waals surface area contributed by atoms with Crippen molar-refractivity contribution in [1.82, 2.24) is 9.80 Å². The van der Waals surface area contributed by atoms with Crippen molar-refractivity contribution in [2.45, 2.75) is 19.9 Å². The van der Waals surface area contributed by atoms with Crippen LogP contribution in [0, 0.1) is 0 Å². The van der Waals surface area contributed by atoms with Gasteiger partial charge in [0.25, 0.3) is 0 Å². The van der Waals surface area contributed by atoms with Gasteiger partial charge in [0.05, 0.1) is 6.54 Å². The Labute approximate surface area is 80.7 Å². The van der Waals surface area contributed by atoms with Gasteiger partial charge in [0.1, 0.15) is 0 Å². The molecule has 0 bridgehead atoms. The maximum atomic E-state index is 11.4. The monoisotopic (exact) mass is 187 g/mol. The van der Waals surface area contributed by atoms with E-state index in [0.717, 1.165) is 6.54 Å². The molecule has 0 aromatic rings. The van der Waals surface area contributed by atoms with E-state index in [1.165, 1.54) is 0 Å². The Morgan fingerprint density at radius 1 is 1.46 bits per heavy atom. The molecule has 0 fully saturated rings. The Hall–Kier alpha value is -0.610.